The molecule has 0 bridgehead atoms. The van der Waals surface area contributed by atoms with Gasteiger partial charge < -0.3 is 11.1 Å². The van der Waals surface area contributed by atoms with Gasteiger partial charge in [0.2, 0.25) is 0 Å². The number of alkyl halides is 2. The van der Waals surface area contributed by atoms with Gasteiger partial charge in [-0.1, -0.05) is 0 Å². The molecule has 0 aliphatic rings. The van der Waals surface area contributed by atoms with E-state index in [1.54, 1.807) is 29.5 Å². The molecule has 0 saturated heterocycles. The average molecular weight is 459 g/mol. The molecule has 12 heteroatoms. The summed E-state index contributed by atoms with van der Waals surface area (Å²) in [7, 11) is 1.72. The number of primary amides is 1. The number of rotatable bonds is 6. The molecule has 0 saturated carbocycles. The first-order chi connectivity index (χ1) is 15.2. The van der Waals surface area contributed by atoms with E-state index < -0.39 is 23.9 Å². The van der Waals surface area contributed by atoms with Crippen molar-refractivity contribution >= 4 is 39.1 Å². The van der Waals surface area contributed by atoms with Crippen molar-refractivity contribution in [1.29, 1.82) is 0 Å². The summed E-state index contributed by atoms with van der Waals surface area (Å²) in [5.74, 6) is -1.37. The maximum atomic E-state index is 13.6. The van der Waals surface area contributed by atoms with Gasteiger partial charge in [-0.3, -0.25) is 19.0 Å². The van der Waals surface area contributed by atoms with Gasteiger partial charge in [0, 0.05) is 36.4 Å². The number of pyridine rings is 1. The van der Waals surface area contributed by atoms with E-state index in [2.05, 4.69) is 20.5 Å². The van der Waals surface area contributed by atoms with Gasteiger partial charge in [0.15, 0.2) is 5.69 Å². The van der Waals surface area contributed by atoms with Gasteiger partial charge in [-0.05, 0) is 31.5 Å². The minimum atomic E-state index is -2.83. The fraction of sp³-hybridized carbons (Fsp3) is 0.250. The fourth-order valence-corrected chi connectivity index (χ4v) is 4.35. The summed E-state index contributed by atoms with van der Waals surface area (Å²) < 4.78 is 30.3. The van der Waals surface area contributed by atoms with E-state index in [9.17, 15) is 18.4 Å². The molecule has 0 aliphatic carbocycles. The molecule has 0 radical (unpaired) electrons. The Kier molecular flexibility index (Phi) is 5.46. The molecular weight excluding hydrogens is 440 g/mol. The summed E-state index contributed by atoms with van der Waals surface area (Å²) >= 11 is 0.845. The molecule has 9 nitrogen and oxygen atoms in total. The number of hydrogen-bond acceptors (Lipinski definition) is 6. The number of amides is 2. The number of thiophene rings is 1. The van der Waals surface area contributed by atoms with Crippen molar-refractivity contribution in [2.24, 2.45) is 12.8 Å². The third kappa shape index (κ3) is 3.62. The van der Waals surface area contributed by atoms with Crippen molar-refractivity contribution in [2.75, 3.05) is 5.32 Å². The van der Waals surface area contributed by atoms with E-state index in [4.69, 9.17) is 5.73 Å². The second kappa shape index (κ2) is 8.11. The van der Waals surface area contributed by atoms with Gasteiger partial charge in [0.1, 0.15) is 15.4 Å². The molecule has 4 aromatic heterocycles. The zero-order valence-corrected chi connectivity index (χ0v) is 18.2. The molecule has 0 aliphatic heterocycles. The molecule has 2 amide bonds. The first-order valence-electron chi connectivity index (χ1n) is 9.60. The predicted octanol–water partition coefficient (Wildman–Crippen LogP) is 3.51. The predicted molar refractivity (Wildman–Crippen MR) is 116 cm³/mol. The highest BCUT2D eigenvalue weighted by molar-refractivity contribution is 7.21. The van der Waals surface area contributed by atoms with Crippen LogP contribution in [0, 0.1) is 6.92 Å². The van der Waals surface area contributed by atoms with E-state index in [-0.39, 0.29) is 21.1 Å². The Morgan fingerprint density at radius 2 is 2.06 bits per heavy atom. The Morgan fingerprint density at radius 1 is 1.31 bits per heavy atom. The lowest BCUT2D eigenvalue weighted by molar-refractivity contribution is 0.100. The van der Waals surface area contributed by atoms with Gasteiger partial charge in [-0.2, -0.15) is 10.2 Å². The second-order valence-corrected chi connectivity index (χ2v) is 8.02. The van der Waals surface area contributed by atoms with Crippen LogP contribution in [0.15, 0.2) is 24.5 Å². The lowest BCUT2D eigenvalue weighted by Crippen LogP contribution is -2.17. The van der Waals surface area contributed by atoms with E-state index >= 15 is 0 Å². The van der Waals surface area contributed by atoms with Crippen molar-refractivity contribution in [3.05, 3.63) is 46.5 Å². The molecule has 32 heavy (non-hydrogen) atoms. The van der Waals surface area contributed by atoms with Crippen molar-refractivity contribution in [2.45, 2.75) is 26.8 Å². The summed E-state index contributed by atoms with van der Waals surface area (Å²) in [5, 5.41) is 11.4. The van der Waals surface area contributed by atoms with E-state index in [1.807, 2.05) is 6.92 Å². The van der Waals surface area contributed by atoms with Gasteiger partial charge in [-0.25, -0.2) is 13.8 Å². The monoisotopic (exact) mass is 459 g/mol. The Labute approximate surface area is 184 Å². The van der Waals surface area contributed by atoms with Gasteiger partial charge in [0.25, 0.3) is 18.2 Å². The van der Waals surface area contributed by atoms with Gasteiger partial charge in [-0.15, -0.1) is 11.3 Å². The molecule has 0 unspecified atom stereocenters. The van der Waals surface area contributed by atoms with Crippen molar-refractivity contribution in [3.63, 3.8) is 0 Å². The third-order valence-corrected chi connectivity index (χ3v) is 6.19. The van der Waals surface area contributed by atoms with Gasteiger partial charge in [0.05, 0.1) is 11.9 Å². The Morgan fingerprint density at radius 3 is 2.62 bits per heavy atom. The zero-order valence-electron chi connectivity index (χ0n) is 17.4. The molecular formula is C20H19F2N7O2S. The standard InChI is InChI=1S/C20H19F2N7O2S/c1-4-29-6-5-12(27-29)19(31)26-15-14-10(11-8-24-28(3)9(11)2)7-13(17(21)22)25-20(14)32-16(15)18(23)30/h5-8,17H,4H2,1-3H3,(H2,23,30)(H,26,31). The van der Waals surface area contributed by atoms with Crippen molar-refractivity contribution < 1.29 is 18.4 Å². The molecule has 0 spiro atoms. The molecule has 0 fully saturated rings. The maximum absolute atomic E-state index is 13.6. The molecule has 0 aromatic carbocycles. The summed E-state index contributed by atoms with van der Waals surface area (Å²) in [6.45, 7) is 4.24. The van der Waals surface area contributed by atoms with Crippen molar-refractivity contribution in [3.8, 4) is 11.1 Å². The fourth-order valence-electron chi connectivity index (χ4n) is 3.33. The van der Waals surface area contributed by atoms with Crippen LogP contribution in [0.1, 0.15) is 44.9 Å². The second-order valence-electron chi connectivity index (χ2n) is 7.02. The molecule has 3 N–H and O–H groups in total. The molecule has 4 aromatic rings. The molecule has 4 rings (SSSR count). The summed E-state index contributed by atoms with van der Waals surface area (Å²) in [5.41, 5.74) is 7.00. The minimum absolute atomic E-state index is 0.00461. The Balaban J connectivity index is 1.96. The number of nitrogens with one attached hydrogen (secondary N) is 1. The van der Waals surface area contributed by atoms with Crippen LogP contribution in [0.4, 0.5) is 14.5 Å². The van der Waals surface area contributed by atoms with Crippen LogP contribution in [0.3, 0.4) is 0 Å². The number of carbonyl (C=O) groups is 2. The van der Waals surface area contributed by atoms with E-state index in [0.717, 1.165) is 11.3 Å². The van der Waals surface area contributed by atoms with E-state index in [0.29, 0.717) is 28.8 Å². The molecule has 0 atom stereocenters. The zero-order chi connectivity index (χ0) is 23.2. The number of nitrogens with zero attached hydrogens (tertiary/aromatic N) is 5. The lowest BCUT2D eigenvalue weighted by Gasteiger charge is -2.10. The summed E-state index contributed by atoms with van der Waals surface area (Å²) in [6, 6.07) is 2.78. The number of halogens is 2. The Bertz CT molecular complexity index is 1360. The number of fused-ring (bicyclic) bond motifs is 1. The first kappa shape index (κ1) is 21.6. The normalized spacial score (nSPS) is 11.4. The largest absolute Gasteiger partial charge is 0.365 e. The first-order valence-corrected chi connectivity index (χ1v) is 10.4. The van der Waals surface area contributed by atoms with Crippen molar-refractivity contribution in [1.82, 2.24) is 24.5 Å². The van der Waals surface area contributed by atoms with Crippen LogP contribution < -0.4 is 11.1 Å². The summed E-state index contributed by atoms with van der Waals surface area (Å²) in [6.07, 6.45) is 0.358. The van der Waals surface area contributed by atoms with Crippen LogP contribution >= 0.6 is 11.3 Å². The average Bonchev–Trinajstić information content (AvgIpc) is 3.46. The summed E-state index contributed by atoms with van der Waals surface area (Å²) in [4.78, 5) is 29.2. The topological polar surface area (TPSA) is 121 Å². The van der Waals surface area contributed by atoms with Crippen LogP contribution in [-0.2, 0) is 13.6 Å². The van der Waals surface area contributed by atoms with Crippen LogP contribution in [0.5, 0.6) is 0 Å². The highest BCUT2D eigenvalue weighted by atomic mass is 32.1. The minimum Gasteiger partial charge on any atom is -0.365 e. The number of aromatic nitrogens is 5. The SMILES string of the molecule is CCn1ccc(C(=O)Nc2c(C(N)=O)sc3nc(C(F)F)cc(-c4cnn(C)c4C)c23)n1. The third-order valence-electron chi connectivity index (χ3n) is 5.09. The number of anilines is 1. The van der Waals surface area contributed by atoms with Crippen LogP contribution in [-0.4, -0.2) is 36.4 Å². The van der Waals surface area contributed by atoms with Crippen LogP contribution in [0.25, 0.3) is 21.3 Å². The number of carbonyl (C=O) groups excluding carboxylic acids is 2. The number of hydrogen-bond donors (Lipinski definition) is 2. The highest BCUT2D eigenvalue weighted by Gasteiger charge is 2.26. The number of aryl methyl sites for hydroxylation is 2. The molecule has 166 valence electrons. The number of nitrogens with two attached hydrogens (primary N) is 1. The van der Waals surface area contributed by atoms with Crippen LogP contribution in [0.2, 0.25) is 0 Å². The van der Waals surface area contributed by atoms with E-state index in [1.165, 1.54) is 18.3 Å². The Hall–Kier alpha value is -3.67. The highest BCUT2D eigenvalue weighted by Crippen LogP contribution is 2.43. The maximum Gasteiger partial charge on any atom is 0.280 e. The smallest absolute Gasteiger partial charge is 0.280 e. The molecule has 4 heterocycles. The quantitative estimate of drug-likeness (QED) is 0.457. The lowest BCUT2D eigenvalue weighted by atomic mass is 10.0. The van der Waals surface area contributed by atoms with Gasteiger partial charge >= 0.3 is 0 Å².